The number of pyridine rings is 1. The Balaban J connectivity index is 1.94. The first-order valence-corrected chi connectivity index (χ1v) is 7.73. The fraction of sp³-hybridized carbons (Fsp3) is 0.158. The topological polar surface area (TPSA) is 62.2 Å². The maximum Gasteiger partial charge on any atom is 0.335 e. The highest BCUT2D eigenvalue weighted by Gasteiger charge is 2.20. The average Bonchev–Trinajstić information content (AvgIpc) is 3.03. The van der Waals surface area contributed by atoms with E-state index in [4.69, 9.17) is 4.98 Å². The van der Waals surface area contributed by atoms with Crippen molar-refractivity contribution < 1.29 is 9.90 Å². The fourth-order valence-corrected chi connectivity index (χ4v) is 3.20. The lowest BCUT2D eigenvalue weighted by Gasteiger charge is -2.15. The van der Waals surface area contributed by atoms with E-state index in [1.807, 2.05) is 30.3 Å². The first-order valence-electron chi connectivity index (χ1n) is 7.73. The van der Waals surface area contributed by atoms with E-state index in [0.29, 0.717) is 0 Å². The lowest BCUT2D eigenvalue weighted by molar-refractivity contribution is 0.0697. The van der Waals surface area contributed by atoms with Gasteiger partial charge in [0.1, 0.15) is 0 Å². The van der Waals surface area contributed by atoms with Crippen molar-refractivity contribution in [3.05, 3.63) is 65.4 Å². The van der Waals surface area contributed by atoms with E-state index in [0.717, 1.165) is 47.2 Å². The number of nitrogens with one attached hydrogen (secondary N) is 1. The second kappa shape index (κ2) is 5.39. The molecule has 1 aliphatic carbocycles. The molecule has 4 nitrogen and oxygen atoms in total. The Hall–Kier alpha value is -2.88. The van der Waals surface area contributed by atoms with Gasteiger partial charge in [-0.05, 0) is 55.2 Å². The van der Waals surface area contributed by atoms with Gasteiger partial charge in [0.25, 0.3) is 0 Å². The third kappa shape index (κ3) is 2.42. The van der Waals surface area contributed by atoms with Crippen molar-refractivity contribution in [2.45, 2.75) is 19.3 Å². The maximum absolute atomic E-state index is 11.3. The highest BCUT2D eigenvalue weighted by molar-refractivity contribution is 6.00. The van der Waals surface area contributed by atoms with Crippen LogP contribution in [0.15, 0.2) is 48.5 Å². The van der Waals surface area contributed by atoms with Crippen LogP contribution in [-0.4, -0.2) is 16.1 Å². The van der Waals surface area contributed by atoms with E-state index < -0.39 is 5.97 Å². The van der Waals surface area contributed by atoms with E-state index in [2.05, 4.69) is 5.32 Å². The number of carboxylic acid groups (broad SMARTS) is 1. The molecule has 0 aliphatic heterocycles. The molecule has 0 bridgehead atoms. The van der Waals surface area contributed by atoms with Crippen molar-refractivity contribution in [1.82, 2.24) is 4.98 Å². The first-order chi connectivity index (χ1) is 11.2. The molecule has 0 fully saturated rings. The molecule has 1 aromatic heterocycles. The number of anilines is 2. The zero-order valence-corrected chi connectivity index (χ0v) is 12.5. The number of para-hydroxylation sites is 1. The Morgan fingerprint density at radius 2 is 1.91 bits per heavy atom. The standard InChI is InChI=1S/C19H16N2O2/c22-19(23)12-9-10-17-15(11-12)18(14-7-4-8-16(14)21-17)20-13-5-2-1-3-6-13/h1-3,5-6,9-11H,4,7-8H2,(H,20,21)(H,22,23). The Morgan fingerprint density at radius 3 is 2.70 bits per heavy atom. The quantitative estimate of drug-likeness (QED) is 0.762. The molecule has 2 aromatic carbocycles. The summed E-state index contributed by atoms with van der Waals surface area (Å²) in [6.07, 6.45) is 3.05. The van der Waals surface area contributed by atoms with Crippen LogP contribution in [0, 0.1) is 0 Å². The number of aromatic carboxylic acids is 1. The summed E-state index contributed by atoms with van der Waals surface area (Å²) in [4.78, 5) is 16.0. The second-order valence-electron chi connectivity index (χ2n) is 5.79. The summed E-state index contributed by atoms with van der Waals surface area (Å²) in [6, 6.07) is 15.1. The van der Waals surface area contributed by atoms with Gasteiger partial charge >= 0.3 is 5.97 Å². The van der Waals surface area contributed by atoms with Crippen LogP contribution < -0.4 is 5.32 Å². The maximum atomic E-state index is 11.3. The number of carbonyl (C=O) groups is 1. The van der Waals surface area contributed by atoms with Crippen LogP contribution >= 0.6 is 0 Å². The van der Waals surface area contributed by atoms with Crippen LogP contribution in [0.3, 0.4) is 0 Å². The molecular formula is C19H16N2O2. The molecule has 0 amide bonds. The molecule has 0 unspecified atom stereocenters. The Labute approximate surface area is 133 Å². The average molecular weight is 304 g/mol. The van der Waals surface area contributed by atoms with Gasteiger partial charge in [-0.25, -0.2) is 4.79 Å². The van der Waals surface area contributed by atoms with Gasteiger partial charge < -0.3 is 10.4 Å². The number of nitrogens with zero attached hydrogens (tertiary/aromatic N) is 1. The molecule has 0 radical (unpaired) electrons. The monoisotopic (exact) mass is 304 g/mol. The first kappa shape index (κ1) is 13.8. The molecule has 4 rings (SSSR count). The lowest BCUT2D eigenvalue weighted by Crippen LogP contribution is -2.02. The highest BCUT2D eigenvalue weighted by Crippen LogP contribution is 2.36. The molecule has 2 N–H and O–H groups in total. The lowest BCUT2D eigenvalue weighted by atomic mass is 10.0. The van der Waals surface area contributed by atoms with E-state index in [1.165, 1.54) is 5.56 Å². The Bertz CT molecular complexity index is 904. The van der Waals surface area contributed by atoms with Crippen molar-refractivity contribution in [3.8, 4) is 0 Å². The predicted molar refractivity (Wildman–Crippen MR) is 90.5 cm³/mol. The number of carboxylic acids is 1. The number of hydrogen-bond donors (Lipinski definition) is 2. The zero-order valence-electron chi connectivity index (χ0n) is 12.5. The van der Waals surface area contributed by atoms with Crippen LogP contribution in [-0.2, 0) is 12.8 Å². The second-order valence-corrected chi connectivity index (χ2v) is 5.79. The van der Waals surface area contributed by atoms with Crippen LogP contribution in [0.2, 0.25) is 0 Å². The van der Waals surface area contributed by atoms with E-state index in [1.54, 1.807) is 18.2 Å². The Kier molecular flexibility index (Phi) is 3.23. The third-order valence-corrected chi connectivity index (χ3v) is 4.30. The number of aryl methyl sites for hydroxylation is 1. The molecule has 114 valence electrons. The molecule has 0 atom stereocenters. The van der Waals surface area contributed by atoms with Gasteiger partial charge in [0.05, 0.1) is 16.8 Å². The van der Waals surface area contributed by atoms with E-state index >= 15 is 0 Å². The summed E-state index contributed by atoms with van der Waals surface area (Å²) in [6.45, 7) is 0. The number of benzene rings is 2. The minimum Gasteiger partial charge on any atom is -0.478 e. The van der Waals surface area contributed by atoms with Crippen LogP contribution in [0.4, 0.5) is 11.4 Å². The van der Waals surface area contributed by atoms with Crippen LogP contribution in [0.1, 0.15) is 28.0 Å². The van der Waals surface area contributed by atoms with Crippen LogP contribution in [0.25, 0.3) is 10.9 Å². The molecule has 0 saturated heterocycles. The fourth-order valence-electron chi connectivity index (χ4n) is 3.20. The molecule has 4 heteroatoms. The van der Waals surface area contributed by atoms with Gasteiger partial charge in [-0.15, -0.1) is 0 Å². The minimum absolute atomic E-state index is 0.286. The summed E-state index contributed by atoms with van der Waals surface area (Å²) in [7, 11) is 0. The summed E-state index contributed by atoms with van der Waals surface area (Å²) >= 11 is 0. The summed E-state index contributed by atoms with van der Waals surface area (Å²) in [5.41, 5.74) is 5.46. The molecule has 1 aliphatic rings. The highest BCUT2D eigenvalue weighted by atomic mass is 16.4. The molecule has 1 heterocycles. The van der Waals surface area contributed by atoms with Crippen molar-refractivity contribution in [2.24, 2.45) is 0 Å². The van der Waals surface area contributed by atoms with Gasteiger partial charge in [-0.3, -0.25) is 4.98 Å². The van der Waals surface area contributed by atoms with Gasteiger partial charge in [-0.1, -0.05) is 18.2 Å². The molecule has 3 aromatic rings. The summed E-state index contributed by atoms with van der Waals surface area (Å²) in [5, 5.41) is 13.6. The normalized spacial score (nSPS) is 13.0. The minimum atomic E-state index is -0.918. The van der Waals surface area contributed by atoms with Gasteiger partial charge in [0, 0.05) is 16.8 Å². The summed E-state index contributed by atoms with van der Waals surface area (Å²) < 4.78 is 0. The molecule has 0 spiro atoms. The number of rotatable bonds is 3. The molecular weight excluding hydrogens is 288 g/mol. The number of hydrogen-bond acceptors (Lipinski definition) is 3. The number of aromatic nitrogens is 1. The van der Waals surface area contributed by atoms with E-state index in [9.17, 15) is 9.90 Å². The SMILES string of the molecule is O=C(O)c1ccc2nc3c(c(Nc4ccccc4)c2c1)CCC3. The Morgan fingerprint density at radius 1 is 1.09 bits per heavy atom. The summed E-state index contributed by atoms with van der Waals surface area (Å²) in [5.74, 6) is -0.918. The van der Waals surface area contributed by atoms with Crippen molar-refractivity contribution in [3.63, 3.8) is 0 Å². The van der Waals surface area contributed by atoms with Gasteiger partial charge in [0.15, 0.2) is 0 Å². The van der Waals surface area contributed by atoms with Crippen LogP contribution in [0.5, 0.6) is 0 Å². The smallest absolute Gasteiger partial charge is 0.335 e. The van der Waals surface area contributed by atoms with Crippen molar-refractivity contribution in [2.75, 3.05) is 5.32 Å². The molecule has 0 saturated carbocycles. The van der Waals surface area contributed by atoms with Crippen molar-refractivity contribution in [1.29, 1.82) is 0 Å². The third-order valence-electron chi connectivity index (χ3n) is 4.30. The zero-order chi connectivity index (χ0) is 15.8. The predicted octanol–water partition coefficient (Wildman–Crippen LogP) is 4.17. The largest absolute Gasteiger partial charge is 0.478 e. The van der Waals surface area contributed by atoms with Crippen molar-refractivity contribution >= 4 is 28.2 Å². The van der Waals surface area contributed by atoms with E-state index in [-0.39, 0.29) is 5.56 Å². The van der Waals surface area contributed by atoms with Gasteiger partial charge in [0.2, 0.25) is 0 Å². The van der Waals surface area contributed by atoms with Gasteiger partial charge in [-0.2, -0.15) is 0 Å². The molecule has 23 heavy (non-hydrogen) atoms. The number of fused-ring (bicyclic) bond motifs is 2.